The molecule has 0 aliphatic carbocycles. The Kier molecular flexibility index (Phi) is 4.11. The molecule has 0 bridgehead atoms. The fourth-order valence-corrected chi connectivity index (χ4v) is 2.80. The highest BCUT2D eigenvalue weighted by Crippen LogP contribution is 2.25. The number of rotatable bonds is 3. The molecule has 2 aromatic rings. The van der Waals surface area contributed by atoms with Crippen LogP contribution in [0.2, 0.25) is 0 Å². The number of aromatic nitrogens is 2. The summed E-state index contributed by atoms with van der Waals surface area (Å²) >= 11 is 0. The molecule has 0 spiro atoms. The number of hydrogen-bond donors (Lipinski definition) is 1. The predicted molar refractivity (Wildman–Crippen MR) is 82.8 cm³/mol. The van der Waals surface area contributed by atoms with Crippen LogP contribution in [0.1, 0.15) is 22.1 Å². The summed E-state index contributed by atoms with van der Waals surface area (Å²) in [6.07, 6.45) is 1.65. The molecule has 1 aromatic heterocycles. The van der Waals surface area contributed by atoms with E-state index in [2.05, 4.69) is 10.4 Å². The minimum Gasteiger partial charge on any atom is -0.497 e. The lowest BCUT2D eigenvalue weighted by Gasteiger charge is -2.36. The van der Waals surface area contributed by atoms with Gasteiger partial charge in [-0.25, -0.2) is 0 Å². The summed E-state index contributed by atoms with van der Waals surface area (Å²) in [4.78, 5) is 14.7. The zero-order valence-electron chi connectivity index (χ0n) is 12.8. The Balaban J connectivity index is 1.87. The second-order valence-corrected chi connectivity index (χ2v) is 5.33. The molecule has 1 aliphatic rings. The van der Waals surface area contributed by atoms with Gasteiger partial charge in [-0.1, -0.05) is 12.1 Å². The number of hydrogen-bond acceptors (Lipinski definition) is 4. The molecule has 2 heterocycles. The van der Waals surface area contributed by atoms with Crippen molar-refractivity contribution >= 4 is 5.91 Å². The van der Waals surface area contributed by atoms with Crippen molar-refractivity contribution < 1.29 is 9.53 Å². The molecule has 1 saturated heterocycles. The molecule has 1 fully saturated rings. The van der Waals surface area contributed by atoms with E-state index in [-0.39, 0.29) is 11.9 Å². The van der Waals surface area contributed by atoms with Gasteiger partial charge in [-0.3, -0.25) is 9.48 Å². The molecule has 6 nitrogen and oxygen atoms in total. The lowest BCUT2D eigenvalue weighted by molar-refractivity contribution is 0.0623. The van der Waals surface area contributed by atoms with Gasteiger partial charge in [0.1, 0.15) is 11.4 Å². The molecule has 6 heteroatoms. The van der Waals surface area contributed by atoms with Crippen LogP contribution >= 0.6 is 0 Å². The molecular formula is C16H20N4O2. The number of benzene rings is 1. The molecular weight excluding hydrogens is 280 g/mol. The van der Waals surface area contributed by atoms with Crippen molar-refractivity contribution in [3.05, 3.63) is 47.8 Å². The van der Waals surface area contributed by atoms with Crippen molar-refractivity contribution in [1.29, 1.82) is 0 Å². The summed E-state index contributed by atoms with van der Waals surface area (Å²) in [5, 5.41) is 7.45. The summed E-state index contributed by atoms with van der Waals surface area (Å²) in [6, 6.07) is 9.66. The largest absolute Gasteiger partial charge is 0.497 e. The van der Waals surface area contributed by atoms with Crippen molar-refractivity contribution in [2.45, 2.75) is 6.04 Å². The van der Waals surface area contributed by atoms with Crippen LogP contribution in [0.15, 0.2) is 36.5 Å². The lowest BCUT2D eigenvalue weighted by Crippen LogP contribution is -2.49. The zero-order chi connectivity index (χ0) is 15.5. The Bertz CT molecular complexity index is 650. The first-order valence-corrected chi connectivity index (χ1v) is 7.34. The first-order chi connectivity index (χ1) is 10.7. The van der Waals surface area contributed by atoms with E-state index in [4.69, 9.17) is 4.74 Å². The molecule has 0 saturated carbocycles. The van der Waals surface area contributed by atoms with Crippen molar-refractivity contribution in [1.82, 2.24) is 20.0 Å². The number of piperazine rings is 1. The van der Waals surface area contributed by atoms with Crippen LogP contribution in [-0.2, 0) is 7.05 Å². The minimum absolute atomic E-state index is 0.0158. The number of carbonyl (C=O) groups is 1. The van der Waals surface area contributed by atoms with Crippen molar-refractivity contribution in [2.75, 3.05) is 26.7 Å². The van der Waals surface area contributed by atoms with Crippen LogP contribution in [0.25, 0.3) is 0 Å². The topological polar surface area (TPSA) is 59.4 Å². The van der Waals surface area contributed by atoms with Crippen molar-refractivity contribution in [3.8, 4) is 5.75 Å². The Morgan fingerprint density at radius 2 is 2.09 bits per heavy atom. The highest BCUT2D eigenvalue weighted by molar-refractivity contribution is 5.93. The molecule has 3 rings (SSSR count). The van der Waals surface area contributed by atoms with Gasteiger partial charge < -0.3 is 15.0 Å². The van der Waals surface area contributed by atoms with Crippen molar-refractivity contribution in [2.24, 2.45) is 7.05 Å². The number of amides is 1. The van der Waals surface area contributed by atoms with E-state index in [0.717, 1.165) is 24.4 Å². The number of carbonyl (C=O) groups excluding carboxylic acids is 1. The first-order valence-electron chi connectivity index (χ1n) is 7.34. The maximum Gasteiger partial charge on any atom is 0.272 e. The van der Waals surface area contributed by atoms with Crippen LogP contribution in [0.4, 0.5) is 0 Å². The summed E-state index contributed by atoms with van der Waals surface area (Å²) < 4.78 is 6.82. The van der Waals surface area contributed by atoms with Gasteiger partial charge in [0.25, 0.3) is 5.91 Å². The molecule has 1 aromatic carbocycles. The van der Waals surface area contributed by atoms with Gasteiger partial charge in [-0.2, -0.15) is 5.10 Å². The summed E-state index contributed by atoms with van der Waals surface area (Å²) in [6.45, 7) is 2.23. The predicted octanol–water partition coefficient (Wildman–Crippen LogP) is 1.22. The molecule has 1 aliphatic heterocycles. The summed E-state index contributed by atoms with van der Waals surface area (Å²) in [5.74, 6) is 0.833. The van der Waals surface area contributed by atoms with Crippen molar-refractivity contribution in [3.63, 3.8) is 0 Å². The van der Waals surface area contributed by atoms with Gasteiger partial charge in [0, 0.05) is 32.9 Å². The minimum atomic E-state index is 0.0158. The van der Waals surface area contributed by atoms with E-state index in [0.29, 0.717) is 12.2 Å². The molecule has 22 heavy (non-hydrogen) atoms. The van der Waals surface area contributed by atoms with E-state index < -0.39 is 0 Å². The smallest absolute Gasteiger partial charge is 0.272 e. The second-order valence-electron chi connectivity index (χ2n) is 5.33. The second kappa shape index (κ2) is 6.19. The maximum absolute atomic E-state index is 12.8. The maximum atomic E-state index is 12.8. The van der Waals surface area contributed by atoms with Crippen LogP contribution < -0.4 is 10.1 Å². The Morgan fingerprint density at radius 1 is 1.32 bits per heavy atom. The number of aryl methyl sites for hydroxylation is 1. The Labute approximate surface area is 129 Å². The highest BCUT2D eigenvalue weighted by Gasteiger charge is 2.29. The summed E-state index contributed by atoms with van der Waals surface area (Å²) in [5.41, 5.74) is 1.71. The van der Waals surface area contributed by atoms with E-state index in [1.807, 2.05) is 29.2 Å². The highest BCUT2D eigenvalue weighted by atomic mass is 16.5. The number of nitrogens with zero attached hydrogens (tertiary/aromatic N) is 3. The molecule has 1 atom stereocenters. The molecule has 1 amide bonds. The average molecular weight is 300 g/mol. The van der Waals surface area contributed by atoms with Gasteiger partial charge in [-0.15, -0.1) is 0 Å². The van der Waals surface area contributed by atoms with E-state index in [9.17, 15) is 4.79 Å². The third-order valence-corrected chi connectivity index (χ3v) is 4.04. The molecule has 1 N–H and O–H groups in total. The fraction of sp³-hybridized carbons (Fsp3) is 0.375. The van der Waals surface area contributed by atoms with Gasteiger partial charge in [0.15, 0.2) is 0 Å². The SMILES string of the molecule is COc1ccc([C@H]2CNCCN2C(=O)c2ccnn2C)cc1. The average Bonchev–Trinajstić information content (AvgIpc) is 3.00. The molecule has 0 radical (unpaired) electrons. The van der Waals surface area contributed by atoms with Crippen LogP contribution in [0.5, 0.6) is 5.75 Å². The standard InChI is InChI=1S/C16H20N4O2/c1-19-14(7-8-18-19)16(21)20-10-9-17-11-15(20)12-3-5-13(22-2)6-4-12/h3-8,15,17H,9-11H2,1-2H3/t15-/m1/s1. The van der Waals surface area contributed by atoms with Gasteiger partial charge in [0.05, 0.1) is 13.2 Å². The van der Waals surface area contributed by atoms with E-state index in [1.165, 1.54) is 0 Å². The van der Waals surface area contributed by atoms with Crippen LogP contribution in [-0.4, -0.2) is 47.3 Å². The number of nitrogens with one attached hydrogen (secondary N) is 1. The first kappa shape index (κ1) is 14.6. The zero-order valence-corrected chi connectivity index (χ0v) is 12.8. The van der Waals surface area contributed by atoms with Gasteiger partial charge in [0.2, 0.25) is 0 Å². The monoisotopic (exact) mass is 300 g/mol. The van der Waals surface area contributed by atoms with Gasteiger partial charge in [-0.05, 0) is 23.8 Å². The molecule has 116 valence electrons. The quantitative estimate of drug-likeness (QED) is 0.926. The number of ether oxygens (including phenoxy) is 1. The molecule has 0 unspecified atom stereocenters. The number of methoxy groups -OCH3 is 1. The Hall–Kier alpha value is -2.34. The third-order valence-electron chi connectivity index (χ3n) is 4.04. The third kappa shape index (κ3) is 2.69. The van der Waals surface area contributed by atoms with E-state index >= 15 is 0 Å². The fourth-order valence-electron chi connectivity index (χ4n) is 2.80. The van der Waals surface area contributed by atoms with Crippen LogP contribution in [0, 0.1) is 0 Å². The Morgan fingerprint density at radius 3 is 2.73 bits per heavy atom. The summed E-state index contributed by atoms with van der Waals surface area (Å²) in [7, 11) is 3.44. The normalized spacial score (nSPS) is 18.3. The lowest BCUT2D eigenvalue weighted by atomic mass is 10.0. The van der Waals surface area contributed by atoms with Gasteiger partial charge >= 0.3 is 0 Å². The van der Waals surface area contributed by atoms with E-state index in [1.54, 1.807) is 31.1 Å². The van der Waals surface area contributed by atoms with Crippen LogP contribution in [0.3, 0.4) is 0 Å².